The van der Waals surface area contributed by atoms with Crippen LogP contribution in [0.1, 0.15) is 57.2 Å². The van der Waals surface area contributed by atoms with Crippen molar-refractivity contribution in [2.24, 2.45) is 11.7 Å². The Morgan fingerprint density at radius 3 is 2.76 bits per heavy atom. The first-order valence-electron chi connectivity index (χ1n) is 10.6. The normalized spacial score (nSPS) is 25.7. The number of rotatable bonds is 5. The molecule has 4 rings (SSSR count). The first-order valence-corrected chi connectivity index (χ1v) is 10.6. The van der Waals surface area contributed by atoms with Crippen LogP contribution in [0.4, 0.5) is 0 Å². The predicted octanol–water partition coefficient (Wildman–Crippen LogP) is 2.78. The molecule has 1 aliphatic carbocycles. The minimum Gasteiger partial charge on any atom is -0.377 e. The molecule has 1 amide bonds. The largest absolute Gasteiger partial charge is 0.377 e. The molecule has 7 nitrogen and oxygen atoms in total. The summed E-state index contributed by atoms with van der Waals surface area (Å²) in [5.41, 5.74) is 7.10. The highest BCUT2D eigenvalue weighted by molar-refractivity contribution is 5.85. The molecular weight excluding hydrogens is 390 g/mol. The van der Waals surface area contributed by atoms with Crippen LogP contribution in [0.25, 0.3) is 5.65 Å². The Morgan fingerprint density at radius 1 is 1.21 bits per heavy atom. The molecule has 2 aliphatic rings. The van der Waals surface area contributed by atoms with Crippen LogP contribution in [-0.2, 0) is 9.53 Å². The molecule has 2 N–H and O–H groups in total. The Bertz CT molecular complexity index is 805. The molecule has 1 aliphatic heterocycles. The molecule has 0 radical (unpaired) electrons. The lowest BCUT2D eigenvalue weighted by Crippen LogP contribution is -2.48. The molecule has 0 bridgehead atoms. The van der Waals surface area contributed by atoms with Crippen LogP contribution in [0.15, 0.2) is 24.4 Å². The van der Waals surface area contributed by atoms with Crippen LogP contribution in [0.2, 0.25) is 0 Å². The van der Waals surface area contributed by atoms with E-state index in [0.717, 1.165) is 69.7 Å². The number of hydrogen-bond acceptors (Lipinski definition) is 5. The van der Waals surface area contributed by atoms with Gasteiger partial charge in [-0.2, -0.15) is 0 Å². The molecule has 3 atom stereocenters. The molecule has 160 valence electrons. The maximum absolute atomic E-state index is 13.1. The fraction of sp³-hybridized carbons (Fsp3) is 0.667. The molecule has 2 fully saturated rings. The highest BCUT2D eigenvalue weighted by Gasteiger charge is 2.36. The summed E-state index contributed by atoms with van der Waals surface area (Å²) in [5.74, 6) is 1.69. The van der Waals surface area contributed by atoms with Crippen LogP contribution in [0, 0.1) is 5.92 Å². The SMILES string of the molecule is CCCO[C@@H]1C[C@@H](C(=O)N2CCC(c3nnc4ccccn34)CC2)CC[C@H]1N.Cl. The Balaban J connectivity index is 0.00000240. The third-order valence-electron chi connectivity index (χ3n) is 6.24. The molecule has 3 heterocycles. The van der Waals surface area contributed by atoms with Crippen molar-refractivity contribution in [3.63, 3.8) is 0 Å². The van der Waals surface area contributed by atoms with E-state index in [-0.39, 0.29) is 36.4 Å². The first kappa shape index (κ1) is 22.0. The average Bonchev–Trinajstić information content (AvgIpc) is 3.17. The van der Waals surface area contributed by atoms with Gasteiger partial charge in [0.1, 0.15) is 5.82 Å². The number of likely N-dealkylation sites (tertiary alicyclic amines) is 1. The molecule has 8 heteroatoms. The van der Waals surface area contributed by atoms with Crippen molar-refractivity contribution in [3.8, 4) is 0 Å². The Morgan fingerprint density at radius 2 is 2.00 bits per heavy atom. The molecule has 1 saturated heterocycles. The van der Waals surface area contributed by atoms with E-state index >= 15 is 0 Å². The predicted molar refractivity (Wildman–Crippen MR) is 114 cm³/mol. The number of halogens is 1. The van der Waals surface area contributed by atoms with E-state index in [4.69, 9.17) is 10.5 Å². The fourth-order valence-corrected chi connectivity index (χ4v) is 4.59. The number of aromatic nitrogens is 3. The van der Waals surface area contributed by atoms with E-state index in [9.17, 15) is 4.79 Å². The number of amides is 1. The monoisotopic (exact) mass is 421 g/mol. The number of nitrogens with zero attached hydrogens (tertiary/aromatic N) is 4. The second-order valence-corrected chi connectivity index (χ2v) is 8.17. The molecular formula is C21H32ClN5O2. The Labute approximate surface area is 178 Å². The summed E-state index contributed by atoms with van der Waals surface area (Å²) in [6, 6.07) is 6.01. The van der Waals surface area contributed by atoms with E-state index in [1.54, 1.807) is 0 Å². The van der Waals surface area contributed by atoms with Crippen molar-refractivity contribution >= 4 is 24.0 Å². The van der Waals surface area contributed by atoms with Crippen molar-refractivity contribution in [1.82, 2.24) is 19.5 Å². The number of hydrogen-bond donors (Lipinski definition) is 1. The molecule has 2 aromatic heterocycles. The van der Waals surface area contributed by atoms with Crippen molar-refractivity contribution < 1.29 is 9.53 Å². The lowest BCUT2D eigenvalue weighted by molar-refractivity contribution is -0.140. The van der Waals surface area contributed by atoms with Gasteiger partial charge < -0.3 is 15.4 Å². The number of fused-ring (bicyclic) bond motifs is 1. The summed E-state index contributed by atoms with van der Waals surface area (Å²) in [7, 11) is 0. The van der Waals surface area contributed by atoms with Crippen LogP contribution in [0.5, 0.6) is 0 Å². The second-order valence-electron chi connectivity index (χ2n) is 8.17. The van der Waals surface area contributed by atoms with Crippen LogP contribution in [0.3, 0.4) is 0 Å². The van der Waals surface area contributed by atoms with Gasteiger partial charge in [0.05, 0.1) is 6.10 Å². The fourth-order valence-electron chi connectivity index (χ4n) is 4.59. The number of ether oxygens (including phenoxy) is 1. The van der Waals surface area contributed by atoms with Crippen LogP contribution < -0.4 is 5.73 Å². The van der Waals surface area contributed by atoms with Gasteiger partial charge in [-0.05, 0) is 50.7 Å². The lowest BCUT2D eigenvalue weighted by Gasteiger charge is -2.38. The third-order valence-corrected chi connectivity index (χ3v) is 6.24. The van der Waals surface area contributed by atoms with Gasteiger partial charge >= 0.3 is 0 Å². The third kappa shape index (κ3) is 4.73. The molecule has 2 aromatic rings. The second kappa shape index (κ2) is 9.87. The summed E-state index contributed by atoms with van der Waals surface area (Å²) >= 11 is 0. The highest BCUT2D eigenvalue weighted by Crippen LogP contribution is 2.31. The van der Waals surface area contributed by atoms with Gasteiger partial charge in [0, 0.05) is 43.8 Å². The highest BCUT2D eigenvalue weighted by atomic mass is 35.5. The van der Waals surface area contributed by atoms with Gasteiger partial charge in [-0.3, -0.25) is 9.20 Å². The van der Waals surface area contributed by atoms with E-state index in [2.05, 4.69) is 21.5 Å². The number of carbonyl (C=O) groups is 1. The smallest absolute Gasteiger partial charge is 0.225 e. The quantitative estimate of drug-likeness (QED) is 0.802. The molecule has 0 spiro atoms. The minimum absolute atomic E-state index is 0. The van der Waals surface area contributed by atoms with Gasteiger partial charge in [0.25, 0.3) is 0 Å². The van der Waals surface area contributed by atoms with Gasteiger partial charge in [-0.25, -0.2) is 0 Å². The van der Waals surface area contributed by atoms with Gasteiger partial charge in [0.15, 0.2) is 5.65 Å². The molecule has 1 saturated carbocycles. The zero-order chi connectivity index (χ0) is 19.5. The van der Waals surface area contributed by atoms with Crippen molar-refractivity contribution in [2.45, 2.75) is 63.5 Å². The number of pyridine rings is 1. The van der Waals surface area contributed by atoms with Crippen LogP contribution >= 0.6 is 12.4 Å². The van der Waals surface area contributed by atoms with Crippen molar-refractivity contribution in [2.75, 3.05) is 19.7 Å². The molecule has 0 aromatic carbocycles. The molecule has 0 unspecified atom stereocenters. The van der Waals surface area contributed by atoms with E-state index in [1.165, 1.54) is 0 Å². The maximum atomic E-state index is 13.1. The zero-order valence-corrected chi connectivity index (χ0v) is 17.9. The number of nitrogens with two attached hydrogens (primary N) is 1. The van der Waals surface area contributed by atoms with Crippen molar-refractivity contribution in [1.29, 1.82) is 0 Å². The molecule has 29 heavy (non-hydrogen) atoms. The Hall–Kier alpha value is -1.70. The zero-order valence-electron chi connectivity index (χ0n) is 17.1. The lowest BCUT2D eigenvalue weighted by atomic mass is 9.82. The van der Waals surface area contributed by atoms with Gasteiger partial charge in [0.2, 0.25) is 5.91 Å². The summed E-state index contributed by atoms with van der Waals surface area (Å²) in [4.78, 5) is 15.1. The summed E-state index contributed by atoms with van der Waals surface area (Å²) in [6.07, 6.45) is 7.38. The first-order chi connectivity index (χ1) is 13.7. The van der Waals surface area contributed by atoms with Gasteiger partial charge in [-0.1, -0.05) is 13.0 Å². The summed E-state index contributed by atoms with van der Waals surface area (Å²) in [6.45, 7) is 4.39. The van der Waals surface area contributed by atoms with E-state index < -0.39 is 0 Å². The van der Waals surface area contributed by atoms with E-state index in [0.29, 0.717) is 5.92 Å². The minimum atomic E-state index is 0. The summed E-state index contributed by atoms with van der Waals surface area (Å²) < 4.78 is 7.98. The van der Waals surface area contributed by atoms with Crippen LogP contribution in [-0.4, -0.2) is 57.2 Å². The van der Waals surface area contributed by atoms with Gasteiger partial charge in [-0.15, -0.1) is 22.6 Å². The standard InChI is InChI=1S/C21H31N5O2.ClH/c1-2-13-28-18-14-16(6-7-17(18)22)21(27)25-11-8-15(9-12-25)20-24-23-19-5-3-4-10-26(19)20;/h3-5,10,15-18H,2,6-9,11-14,22H2,1H3;1H/t16-,17+,18+;/m0./s1. The van der Waals surface area contributed by atoms with E-state index in [1.807, 2.05) is 29.3 Å². The van der Waals surface area contributed by atoms with Crippen molar-refractivity contribution in [3.05, 3.63) is 30.2 Å². The Kier molecular flexibility index (Phi) is 7.49. The maximum Gasteiger partial charge on any atom is 0.225 e. The summed E-state index contributed by atoms with van der Waals surface area (Å²) in [5, 5.41) is 8.67. The number of piperidine rings is 1. The topological polar surface area (TPSA) is 85.8 Å². The number of carbonyl (C=O) groups excluding carboxylic acids is 1. The average molecular weight is 422 g/mol.